The van der Waals surface area contributed by atoms with Crippen LogP contribution in [0.3, 0.4) is 0 Å². The van der Waals surface area contributed by atoms with E-state index in [1.807, 2.05) is 88.7 Å². The van der Waals surface area contributed by atoms with Gasteiger partial charge in [0.15, 0.2) is 11.6 Å². The zero-order valence-corrected chi connectivity index (χ0v) is 42.8. The standard InChI is InChI=1S/C52H59ClN8O7S2/c1-29-31(3)70-51-45(29)46(34-16-18-36(53)19-17-34)56-40(49-59-58-32(4)61(49)51)25-43(64)55-37-9-8-10-39(23-37)68-22-21-67-27-44(65)57-48(52(5,6)7)50(66)60-26-38(62)24-41(60)42(63)20-13-33-11-14-35(15-12-33)47-30(2)54-28-69-47/h8-12,14-19,23,28,38,40-41,46,48,56,62H,13,20-22,24-27H2,1-7H3,(H,55,64)(H,57,65)/t38-,40+,41+,46?,48-/m1/s1. The molecule has 4 N–H and O–H groups in total. The van der Waals surface area contributed by atoms with Crippen LogP contribution in [0.1, 0.15) is 96.6 Å². The number of hydrogen-bond donors (Lipinski definition) is 4. The number of hydrogen-bond acceptors (Lipinski definition) is 13. The Morgan fingerprint density at radius 3 is 2.44 bits per heavy atom. The average Bonchev–Trinajstić information content (AvgIpc) is 4.09. The molecule has 3 aromatic carbocycles. The van der Waals surface area contributed by atoms with Crippen molar-refractivity contribution < 1.29 is 33.8 Å². The fourth-order valence-corrected chi connectivity index (χ4v) is 11.3. The number of aromatic nitrogens is 4. The maximum atomic E-state index is 14.1. The summed E-state index contributed by atoms with van der Waals surface area (Å²) in [5, 5.41) is 30.9. The first kappa shape index (κ1) is 50.6. The minimum Gasteiger partial charge on any atom is -0.491 e. The lowest BCUT2D eigenvalue weighted by Gasteiger charge is -2.35. The van der Waals surface area contributed by atoms with Gasteiger partial charge in [0, 0.05) is 53.0 Å². The van der Waals surface area contributed by atoms with Crippen molar-refractivity contribution in [2.24, 2.45) is 5.41 Å². The number of aliphatic hydroxyl groups is 1. The molecule has 2 aliphatic heterocycles. The van der Waals surface area contributed by atoms with E-state index in [2.05, 4.69) is 49.5 Å². The lowest BCUT2D eigenvalue weighted by atomic mass is 9.85. The Kier molecular flexibility index (Phi) is 15.7. The Bertz CT molecular complexity index is 2860. The SMILES string of the molecule is Cc1ncsc1-c1ccc(CCC(=O)[C@@H]2C[C@@H](O)CN2C(=O)[C@@H](NC(=O)COCCOc2cccc(NC(=O)C[C@@H]3NC(c4ccc(Cl)cc4)c4c(sc(C)c4C)-n4c(C)nnc43)c2)C(C)(C)C)cc1. The largest absolute Gasteiger partial charge is 0.491 e. The van der Waals surface area contributed by atoms with Crippen molar-refractivity contribution in [2.45, 2.75) is 104 Å². The van der Waals surface area contributed by atoms with E-state index >= 15 is 0 Å². The normalized spacial score (nSPS) is 18.2. The molecule has 0 aliphatic carbocycles. The van der Waals surface area contributed by atoms with Gasteiger partial charge in [0.05, 0.1) is 46.9 Å². The molecular weight excluding hydrogens is 948 g/mol. The van der Waals surface area contributed by atoms with Gasteiger partial charge in [-0.2, -0.15) is 0 Å². The monoisotopic (exact) mass is 1010 g/mol. The van der Waals surface area contributed by atoms with Crippen molar-refractivity contribution in [2.75, 3.05) is 31.7 Å². The third kappa shape index (κ3) is 11.5. The van der Waals surface area contributed by atoms with Crippen LogP contribution in [0.25, 0.3) is 15.4 Å². The van der Waals surface area contributed by atoms with Crippen molar-refractivity contribution in [3.05, 3.63) is 128 Å². The van der Waals surface area contributed by atoms with Crippen molar-refractivity contribution in [1.29, 1.82) is 0 Å². The second-order valence-corrected chi connectivity index (χ2v) is 21.5. The summed E-state index contributed by atoms with van der Waals surface area (Å²) in [6.07, 6.45) is 0.0534. The molecule has 5 heterocycles. The molecule has 0 bridgehead atoms. The molecule has 15 nitrogen and oxygen atoms in total. The van der Waals surface area contributed by atoms with Gasteiger partial charge in [0.25, 0.3) is 0 Å². The number of rotatable bonds is 17. The quantitative estimate of drug-likeness (QED) is 0.0645. The number of thiophene rings is 1. The number of nitrogens with one attached hydrogen (secondary N) is 3. The van der Waals surface area contributed by atoms with Crippen LogP contribution in [0.15, 0.2) is 78.3 Å². The summed E-state index contributed by atoms with van der Waals surface area (Å²) in [6.45, 7) is 13.5. The number of likely N-dealkylation sites (tertiary alicyclic amines) is 1. The molecule has 0 spiro atoms. The van der Waals surface area contributed by atoms with Crippen LogP contribution in [0.5, 0.6) is 5.75 Å². The molecule has 18 heteroatoms. The molecule has 1 unspecified atom stereocenters. The number of carbonyl (C=O) groups is 4. The molecule has 368 valence electrons. The van der Waals surface area contributed by atoms with Gasteiger partial charge in [0.1, 0.15) is 35.8 Å². The van der Waals surface area contributed by atoms with E-state index in [1.165, 1.54) is 15.3 Å². The third-order valence-corrected chi connectivity index (χ3v) is 15.3. The molecule has 8 rings (SSSR count). The van der Waals surface area contributed by atoms with Crippen LogP contribution >= 0.6 is 34.3 Å². The van der Waals surface area contributed by atoms with Crippen molar-refractivity contribution in [1.82, 2.24) is 35.3 Å². The first-order chi connectivity index (χ1) is 33.4. The van der Waals surface area contributed by atoms with Gasteiger partial charge >= 0.3 is 0 Å². The van der Waals surface area contributed by atoms with E-state index in [0.29, 0.717) is 28.7 Å². The number of anilines is 1. The van der Waals surface area contributed by atoms with Gasteiger partial charge < -0.3 is 30.1 Å². The van der Waals surface area contributed by atoms with Gasteiger partial charge in [0.2, 0.25) is 17.7 Å². The predicted octanol–water partition coefficient (Wildman–Crippen LogP) is 8.19. The van der Waals surface area contributed by atoms with Crippen LogP contribution in [-0.4, -0.2) is 97.8 Å². The first-order valence-electron chi connectivity index (χ1n) is 23.4. The smallest absolute Gasteiger partial charge is 0.246 e. The Hall–Kier alpha value is -5.82. The Labute approximate surface area is 421 Å². The average molecular weight is 1010 g/mol. The molecule has 1 saturated heterocycles. The number of nitrogens with zero attached hydrogens (tertiary/aromatic N) is 5. The molecular formula is C52H59ClN8O7S2. The summed E-state index contributed by atoms with van der Waals surface area (Å²) in [7, 11) is 0. The molecule has 1 fully saturated rings. The van der Waals surface area contributed by atoms with Crippen molar-refractivity contribution in [3.63, 3.8) is 0 Å². The Balaban J connectivity index is 0.817. The fraction of sp³-hybridized carbons (Fsp3) is 0.404. The van der Waals surface area contributed by atoms with E-state index in [4.69, 9.17) is 21.1 Å². The maximum absolute atomic E-state index is 14.1. The number of amides is 3. The Morgan fingerprint density at radius 2 is 1.73 bits per heavy atom. The number of thiazole rings is 1. The lowest BCUT2D eigenvalue weighted by molar-refractivity contribution is -0.144. The molecule has 0 radical (unpaired) electrons. The number of halogens is 1. The van der Waals surface area contributed by atoms with E-state index in [-0.39, 0.29) is 63.4 Å². The molecule has 2 aliphatic rings. The maximum Gasteiger partial charge on any atom is 0.246 e. The molecule has 6 aromatic rings. The Morgan fingerprint density at radius 1 is 0.971 bits per heavy atom. The minimum atomic E-state index is -0.978. The zero-order chi connectivity index (χ0) is 49.9. The number of fused-ring (bicyclic) bond motifs is 3. The summed E-state index contributed by atoms with van der Waals surface area (Å²) in [6, 6.07) is 20.3. The van der Waals surface area contributed by atoms with Crippen LogP contribution in [-0.2, 0) is 30.3 Å². The molecule has 5 atom stereocenters. The number of aryl methyl sites for hydroxylation is 4. The number of aliphatic hydroxyl groups excluding tert-OH is 1. The summed E-state index contributed by atoms with van der Waals surface area (Å²) in [4.78, 5) is 62.8. The highest BCUT2D eigenvalue weighted by Gasteiger charge is 2.44. The number of ether oxygens (including phenoxy) is 2. The highest BCUT2D eigenvalue weighted by molar-refractivity contribution is 7.15. The number of ketones is 1. The van der Waals surface area contributed by atoms with E-state index in [9.17, 15) is 24.3 Å². The zero-order valence-electron chi connectivity index (χ0n) is 40.4. The predicted molar refractivity (Wildman–Crippen MR) is 272 cm³/mol. The molecule has 3 amide bonds. The third-order valence-electron chi connectivity index (χ3n) is 12.8. The number of benzene rings is 3. The topological polar surface area (TPSA) is 190 Å². The molecule has 70 heavy (non-hydrogen) atoms. The van der Waals surface area contributed by atoms with E-state index in [1.54, 1.807) is 46.9 Å². The second-order valence-electron chi connectivity index (χ2n) is 19.0. The van der Waals surface area contributed by atoms with Crippen molar-refractivity contribution >= 4 is 63.5 Å². The van der Waals surface area contributed by atoms with Gasteiger partial charge in [-0.3, -0.25) is 29.1 Å². The van der Waals surface area contributed by atoms with Gasteiger partial charge in [-0.25, -0.2) is 4.98 Å². The van der Waals surface area contributed by atoms with Crippen LogP contribution in [0.4, 0.5) is 5.69 Å². The highest BCUT2D eigenvalue weighted by Crippen LogP contribution is 2.43. The number of Topliss-reactive ketones (excluding diaryl/α,β-unsaturated/α-hetero) is 1. The van der Waals surface area contributed by atoms with Gasteiger partial charge in [-0.1, -0.05) is 74.8 Å². The highest BCUT2D eigenvalue weighted by atomic mass is 35.5. The van der Waals surface area contributed by atoms with Crippen LogP contribution in [0, 0.1) is 33.1 Å². The molecule has 3 aromatic heterocycles. The number of carbonyl (C=O) groups excluding carboxylic acids is 4. The number of β-amino-alcohol motifs (C(OH)–C–C–N with tert-alkyl or cyclic N) is 1. The van der Waals surface area contributed by atoms with Crippen molar-refractivity contribution in [3.8, 4) is 21.2 Å². The summed E-state index contributed by atoms with van der Waals surface area (Å²) >= 11 is 9.55. The summed E-state index contributed by atoms with van der Waals surface area (Å²) in [5.41, 5.74) is 7.98. The summed E-state index contributed by atoms with van der Waals surface area (Å²) < 4.78 is 13.7. The van der Waals surface area contributed by atoms with Crippen LogP contribution < -0.4 is 20.7 Å². The van der Waals surface area contributed by atoms with Gasteiger partial charge in [-0.15, -0.1) is 32.9 Å². The minimum absolute atomic E-state index is 0.00226. The van der Waals surface area contributed by atoms with E-state index in [0.717, 1.165) is 43.7 Å². The first-order valence-corrected chi connectivity index (χ1v) is 25.5. The van der Waals surface area contributed by atoms with Gasteiger partial charge in [-0.05, 0) is 86.1 Å². The molecule has 0 saturated carbocycles. The second kappa shape index (κ2) is 21.7. The van der Waals surface area contributed by atoms with E-state index < -0.39 is 41.5 Å². The van der Waals surface area contributed by atoms with Crippen LogP contribution in [0.2, 0.25) is 5.02 Å². The fourth-order valence-electron chi connectivity index (χ4n) is 9.08. The summed E-state index contributed by atoms with van der Waals surface area (Å²) in [5.74, 6) is 0.564. The lowest BCUT2D eigenvalue weighted by Crippen LogP contribution is -2.57.